The highest BCUT2D eigenvalue weighted by Crippen LogP contribution is 2.26. The van der Waals surface area contributed by atoms with Gasteiger partial charge < -0.3 is 10.1 Å². The Kier molecular flexibility index (Phi) is 5.52. The van der Waals surface area contributed by atoms with Crippen LogP contribution in [0.5, 0.6) is 11.5 Å². The molecule has 0 fully saturated rings. The summed E-state index contributed by atoms with van der Waals surface area (Å²) in [5.41, 5.74) is 2.05. The number of carbonyl (C=O) groups is 1. The van der Waals surface area contributed by atoms with Crippen LogP contribution in [0, 0.1) is 10.8 Å². The molecule has 0 radical (unpaired) electrons. The van der Waals surface area contributed by atoms with E-state index in [2.05, 4.69) is 10.3 Å². The summed E-state index contributed by atoms with van der Waals surface area (Å²) in [6.07, 6.45) is 3.88. The number of benzene rings is 2. The summed E-state index contributed by atoms with van der Waals surface area (Å²) in [4.78, 5) is 18.5. The van der Waals surface area contributed by atoms with E-state index in [0.717, 1.165) is 17.6 Å². The molecule has 3 aromatic rings. The standard InChI is InChI=1S/C23H21N5O2/c24-15-28-21-9-5-4-6-16(21)10-11-19(22(28)25)27-23(29)20-14-18(12-13-26-20)30-17-7-2-1-3-8-17/h1-9,12-15,19,24-25H,10-11H2,(H,27,29). The van der Waals surface area contributed by atoms with Crippen LogP contribution in [-0.2, 0) is 6.42 Å². The van der Waals surface area contributed by atoms with E-state index in [1.165, 1.54) is 11.1 Å². The van der Waals surface area contributed by atoms with Crippen LogP contribution in [0.4, 0.5) is 5.69 Å². The van der Waals surface area contributed by atoms with E-state index in [1.807, 2.05) is 54.6 Å². The van der Waals surface area contributed by atoms with Gasteiger partial charge >= 0.3 is 0 Å². The molecule has 30 heavy (non-hydrogen) atoms. The maximum Gasteiger partial charge on any atom is 0.270 e. The SMILES string of the molecule is N=CN1C(=N)C(NC(=O)c2cc(Oc3ccccc3)ccn2)CCc2ccccc21. The van der Waals surface area contributed by atoms with E-state index in [9.17, 15) is 4.79 Å². The molecule has 1 atom stereocenters. The third-order valence-electron chi connectivity index (χ3n) is 4.92. The molecular formula is C23H21N5O2. The molecule has 2 heterocycles. The van der Waals surface area contributed by atoms with Gasteiger partial charge in [-0.25, -0.2) is 0 Å². The quantitative estimate of drug-likeness (QED) is 0.446. The van der Waals surface area contributed by atoms with Crippen molar-refractivity contribution in [3.63, 3.8) is 0 Å². The number of para-hydroxylation sites is 2. The van der Waals surface area contributed by atoms with Gasteiger partial charge in [0.1, 0.15) is 23.0 Å². The van der Waals surface area contributed by atoms with Crippen LogP contribution < -0.4 is 15.0 Å². The van der Waals surface area contributed by atoms with Gasteiger partial charge in [0.15, 0.2) is 0 Å². The zero-order chi connectivity index (χ0) is 20.9. The van der Waals surface area contributed by atoms with Crippen molar-refractivity contribution in [2.24, 2.45) is 0 Å². The molecule has 1 amide bonds. The van der Waals surface area contributed by atoms with Crippen molar-refractivity contribution in [2.45, 2.75) is 18.9 Å². The second-order valence-electron chi connectivity index (χ2n) is 6.87. The third kappa shape index (κ3) is 4.05. The lowest BCUT2D eigenvalue weighted by atomic mass is 10.1. The van der Waals surface area contributed by atoms with Gasteiger partial charge in [-0.2, -0.15) is 0 Å². The zero-order valence-corrected chi connectivity index (χ0v) is 16.2. The monoisotopic (exact) mass is 399 g/mol. The summed E-state index contributed by atoms with van der Waals surface area (Å²) in [7, 11) is 0. The highest BCUT2D eigenvalue weighted by Gasteiger charge is 2.28. The van der Waals surface area contributed by atoms with Crippen molar-refractivity contribution in [1.82, 2.24) is 10.3 Å². The lowest BCUT2D eigenvalue weighted by Gasteiger charge is -2.24. The van der Waals surface area contributed by atoms with Crippen LogP contribution in [0.25, 0.3) is 0 Å². The Bertz CT molecular complexity index is 1080. The van der Waals surface area contributed by atoms with Gasteiger partial charge in [0.25, 0.3) is 5.91 Å². The van der Waals surface area contributed by atoms with Gasteiger partial charge in [-0.05, 0) is 42.7 Å². The van der Waals surface area contributed by atoms with E-state index in [4.69, 9.17) is 15.6 Å². The molecule has 2 aromatic carbocycles. The van der Waals surface area contributed by atoms with Crippen molar-refractivity contribution in [3.8, 4) is 11.5 Å². The highest BCUT2D eigenvalue weighted by molar-refractivity contribution is 6.13. The number of amides is 1. The minimum absolute atomic E-state index is 0.153. The number of aryl methyl sites for hydroxylation is 1. The summed E-state index contributed by atoms with van der Waals surface area (Å²) in [5, 5.41) is 19.2. The smallest absolute Gasteiger partial charge is 0.270 e. The van der Waals surface area contributed by atoms with Crippen LogP contribution >= 0.6 is 0 Å². The van der Waals surface area contributed by atoms with E-state index >= 15 is 0 Å². The van der Waals surface area contributed by atoms with Crippen LogP contribution in [0.15, 0.2) is 72.9 Å². The number of ether oxygens (including phenoxy) is 1. The highest BCUT2D eigenvalue weighted by atomic mass is 16.5. The first-order chi connectivity index (χ1) is 14.7. The lowest BCUT2D eigenvalue weighted by Crippen LogP contribution is -2.47. The summed E-state index contributed by atoms with van der Waals surface area (Å²) in [6.45, 7) is 0. The van der Waals surface area contributed by atoms with Gasteiger partial charge in [0.05, 0.1) is 18.1 Å². The number of nitrogens with one attached hydrogen (secondary N) is 3. The molecule has 4 rings (SSSR count). The normalized spacial score (nSPS) is 15.7. The maximum absolute atomic E-state index is 12.8. The molecule has 1 unspecified atom stereocenters. The molecule has 150 valence electrons. The predicted molar refractivity (Wildman–Crippen MR) is 116 cm³/mol. The van der Waals surface area contributed by atoms with E-state index < -0.39 is 6.04 Å². The van der Waals surface area contributed by atoms with Crippen molar-refractivity contribution in [3.05, 3.63) is 84.2 Å². The zero-order valence-electron chi connectivity index (χ0n) is 16.2. The second kappa shape index (κ2) is 8.57. The Morgan fingerprint density at radius 1 is 1.10 bits per heavy atom. The Morgan fingerprint density at radius 2 is 1.87 bits per heavy atom. The average Bonchev–Trinajstić information content (AvgIpc) is 2.91. The molecule has 0 spiro atoms. The summed E-state index contributed by atoms with van der Waals surface area (Å²) in [6, 6.07) is 19.7. The topological polar surface area (TPSA) is 102 Å². The van der Waals surface area contributed by atoms with E-state index in [0.29, 0.717) is 24.3 Å². The number of hydrogen-bond acceptors (Lipinski definition) is 5. The van der Waals surface area contributed by atoms with Crippen LogP contribution in [0.2, 0.25) is 0 Å². The maximum atomic E-state index is 12.8. The molecule has 0 aliphatic carbocycles. The molecule has 7 heteroatoms. The average molecular weight is 399 g/mol. The van der Waals surface area contributed by atoms with Gasteiger partial charge in [-0.1, -0.05) is 36.4 Å². The molecule has 1 aliphatic rings. The number of carbonyl (C=O) groups excluding carboxylic acids is 1. The van der Waals surface area contributed by atoms with Gasteiger partial charge in [0, 0.05) is 12.3 Å². The Hall–Kier alpha value is -4.00. The summed E-state index contributed by atoms with van der Waals surface area (Å²) in [5.74, 6) is 0.935. The number of pyridine rings is 1. The fourth-order valence-corrected chi connectivity index (χ4v) is 3.43. The number of nitrogens with zero attached hydrogens (tertiary/aromatic N) is 2. The fourth-order valence-electron chi connectivity index (χ4n) is 3.43. The summed E-state index contributed by atoms with van der Waals surface area (Å²) < 4.78 is 5.78. The molecule has 1 aromatic heterocycles. The minimum Gasteiger partial charge on any atom is -0.457 e. The fraction of sp³-hybridized carbons (Fsp3) is 0.130. The van der Waals surface area contributed by atoms with Crippen LogP contribution in [-0.4, -0.2) is 29.1 Å². The number of aromatic nitrogens is 1. The number of hydrogen-bond donors (Lipinski definition) is 3. The molecular weight excluding hydrogens is 378 g/mol. The predicted octanol–water partition coefficient (Wildman–Crippen LogP) is 4.01. The van der Waals surface area contributed by atoms with E-state index in [-0.39, 0.29) is 17.4 Å². The first-order valence-electron chi connectivity index (χ1n) is 9.61. The second-order valence-corrected chi connectivity index (χ2v) is 6.87. The van der Waals surface area contributed by atoms with Crippen molar-refractivity contribution >= 4 is 23.8 Å². The first kappa shape index (κ1) is 19.3. The molecule has 1 aliphatic heterocycles. The molecule has 0 saturated heterocycles. The Balaban J connectivity index is 1.50. The van der Waals surface area contributed by atoms with Crippen LogP contribution in [0.1, 0.15) is 22.5 Å². The Labute approximate surface area is 174 Å². The van der Waals surface area contributed by atoms with Gasteiger partial charge in [0.2, 0.25) is 0 Å². The lowest BCUT2D eigenvalue weighted by molar-refractivity contribution is 0.0940. The van der Waals surface area contributed by atoms with Crippen LogP contribution in [0.3, 0.4) is 0 Å². The number of anilines is 1. The largest absolute Gasteiger partial charge is 0.457 e. The minimum atomic E-state index is -0.535. The number of rotatable bonds is 5. The molecule has 0 bridgehead atoms. The first-order valence-corrected chi connectivity index (χ1v) is 9.61. The van der Waals surface area contributed by atoms with Crippen molar-refractivity contribution < 1.29 is 9.53 Å². The van der Waals surface area contributed by atoms with E-state index in [1.54, 1.807) is 12.1 Å². The number of fused-ring (bicyclic) bond motifs is 1. The summed E-state index contributed by atoms with van der Waals surface area (Å²) >= 11 is 0. The van der Waals surface area contributed by atoms with Gasteiger partial charge in [-0.3, -0.25) is 25.5 Å². The molecule has 7 nitrogen and oxygen atoms in total. The third-order valence-corrected chi connectivity index (χ3v) is 4.92. The molecule has 3 N–H and O–H groups in total. The molecule has 0 saturated carbocycles. The van der Waals surface area contributed by atoms with Crippen molar-refractivity contribution in [1.29, 1.82) is 10.8 Å². The van der Waals surface area contributed by atoms with Gasteiger partial charge in [-0.15, -0.1) is 0 Å². The Morgan fingerprint density at radius 3 is 2.67 bits per heavy atom. The number of amidine groups is 1. The van der Waals surface area contributed by atoms with Crippen molar-refractivity contribution in [2.75, 3.05) is 4.90 Å².